The van der Waals surface area contributed by atoms with Crippen LogP contribution in [0, 0.1) is 13.8 Å². The van der Waals surface area contributed by atoms with Gasteiger partial charge in [-0.25, -0.2) is 4.79 Å². The first-order chi connectivity index (χ1) is 11.8. The van der Waals surface area contributed by atoms with Gasteiger partial charge in [0.25, 0.3) is 0 Å². The molecule has 0 saturated carbocycles. The van der Waals surface area contributed by atoms with Crippen molar-refractivity contribution in [3.8, 4) is 0 Å². The lowest BCUT2D eigenvalue weighted by atomic mass is 10.0. The van der Waals surface area contributed by atoms with Gasteiger partial charge in [-0.05, 0) is 45.0 Å². The molecule has 1 aromatic carbocycles. The molecule has 0 radical (unpaired) electrons. The summed E-state index contributed by atoms with van der Waals surface area (Å²) in [7, 11) is 3.25. The lowest BCUT2D eigenvalue weighted by molar-refractivity contribution is 0.0599. The van der Waals surface area contributed by atoms with E-state index in [9.17, 15) is 9.59 Å². The van der Waals surface area contributed by atoms with Gasteiger partial charge in [-0.15, -0.1) is 0 Å². The number of carbonyl (C=O) groups excluding carboxylic acids is 2. The fourth-order valence-electron chi connectivity index (χ4n) is 2.85. The van der Waals surface area contributed by atoms with Crippen LogP contribution in [0.2, 0.25) is 0 Å². The smallest absolute Gasteiger partial charge is 0.339 e. The number of Topliss-reactive ketones (excluding diaryl/α,β-unsaturated/α-hetero) is 1. The maximum Gasteiger partial charge on any atom is 0.339 e. The van der Waals surface area contributed by atoms with Crippen molar-refractivity contribution in [3.63, 3.8) is 0 Å². The largest absolute Gasteiger partial charge is 0.465 e. The molecule has 1 aromatic heterocycles. The van der Waals surface area contributed by atoms with Gasteiger partial charge in [0, 0.05) is 16.7 Å². The predicted molar refractivity (Wildman–Crippen MR) is 101 cm³/mol. The molecule has 0 bridgehead atoms. The van der Waals surface area contributed by atoms with Crippen LogP contribution in [0.25, 0.3) is 0 Å². The normalized spacial score (nSPS) is 12.3. The number of hydrogen-bond acceptors (Lipinski definition) is 4. The van der Waals surface area contributed by atoms with Gasteiger partial charge in [0.1, 0.15) is 0 Å². The van der Waals surface area contributed by atoms with Gasteiger partial charge in [0.15, 0.2) is 5.78 Å². The zero-order valence-electron chi connectivity index (χ0n) is 15.1. The molecule has 0 aliphatic carbocycles. The highest BCUT2D eigenvalue weighted by Crippen LogP contribution is 2.23. The Morgan fingerprint density at radius 3 is 2.52 bits per heavy atom. The van der Waals surface area contributed by atoms with Crippen molar-refractivity contribution >= 4 is 27.7 Å². The third-order valence-electron chi connectivity index (χ3n) is 4.49. The molecule has 1 atom stereocenters. The standard InChI is InChI=1S/C19H23BrN2O3/c1-11-16(19(24)25-5)12(2)21-17(11)18(23)13(3)22(4)10-14-8-6-7-9-15(14)20/h6-9,13,21H,10H2,1-5H3/t13-/m1/s1. The van der Waals surface area contributed by atoms with E-state index in [2.05, 4.69) is 20.9 Å². The number of ether oxygens (including phenoxy) is 1. The number of methoxy groups -OCH3 is 1. The van der Waals surface area contributed by atoms with Crippen LogP contribution in [-0.4, -0.2) is 41.8 Å². The predicted octanol–water partition coefficient (Wildman–Crippen LogP) is 3.88. The summed E-state index contributed by atoms with van der Waals surface area (Å²) in [6, 6.07) is 7.60. The van der Waals surface area contributed by atoms with Crippen LogP contribution in [-0.2, 0) is 11.3 Å². The third-order valence-corrected chi connectivity index (χ3v) is 5.27. The van der Waals surface area contributed by atoms with Crippen molar-refractivity contribution in [1.82, 2.24) is 9.88 Å². The van der Waals surface area contributed by atoms with Crippen LogP contribution in [0.4, 0.5) is 0 Å². The number of nitrogens with zero attached hydrogens (tertiary/aromatic N) is 1. The Bertz CT molecular complexity index is 798. The van der Waals surface area contributed by atoms with Crippen LogP contribution in [0.1, 0.15) is 44.6 Å². The molecule has 6 heteroatoms. The number of carbonyl (C=O) groups is 2. The van der Waals surface area contributed by atoms with Crippen LogP contribution in [0.3, 0.4) is 0 Å². The number of H-pyrrole nitrogens is 1. The summed E-state index contributed by atoms with van der Waals surface area (Å²) in [6.07, 6.45) is 0. The SMILES string of the molecule is COC(=O)c1c(C)[nH]c(C(=O)[C@@H](C)N(C)Cc2ccccc2Br)c1C. The Kier molecular flexibility index (Phi) is 6.19. The number of rotatable bonds is 6. The van der Waals surface area contributed by atoms with Crippen molar-refractivity contribution in [2.24, 2.45) is 0 Å². The number of halogens is 1. The number of ketones is 1. The molecule has 0 spiro atoms. The minimum absolute atomic E-state index is 0.0506. The zero-order valence-corrected chi connectivity index (χ0v) is 16.7. The Hall–Kier alpha value is -1.92. The van der Waals surface area contributed by atoms with Crippen LogP contribution in [0.5, 0.6) is 0 Å². The molecule has 5 nitrogen and oxygen atoms in total. The van der Waals surface area contributed by atoms with Gasteiger partial charge < -0.3 is 9.72 Å². The third kappa shape index (κ3) is 4.02. The monoisotopic (exact) mass is 406 g/mol. The van der Waals surface area contributed by atoms with E-state index in [4.69, 9.17) is 4.74 Å². The number of aromatic amines is 1. The van der Waals surface area contributed by atoms with E-state index in [1.165, 1.54) is 7.11 Å². The molecular weight excluding hydrogens is 384 g/mol. The maximum absolute atomic E-state index is 12.9. The number of nitrogens with one attached hydrogen (secondary N) is 1. The molecule has 0 aliphatic rings. The Morgan fingerprint density at radius 1 is 1.28 bits per heavy atom. The van der Waals surface area contributed by atoms with E-state index >= 15 is 0 Å². The fourth-order valence-corrected chi connectivity index (χ4v) is 3.26. The second kappa shape index (κ2) is 7.97. The molecular formula is C19H23BrN2O3. The summed E-state index contributed by atoms with van der Waals surface area (Å²) in [5, 5.41) is 0. The second-order valence-corrected chi connectivity index (χ2v) is 7.02. The van der Waals surface area contributed by atoms with Crippen molar-refractivity contribution in [2.45, 2.75) is 33.4 Å². The van der Waals surface area contributed by atoms with E-state index < -0.39 is 5.97 Å². The highest BCUT2D eigenvalue weighted by molar-refractivity contribution is 9.10. The average Bonchev–Trinajstić information content (AvgIpc) is 2.89. The Morgan fingerprint density at radius 2 is 1.92 bits per heavy atom. The van der Waals surface area contributed by atoms with Crippen molar-refractivity contribution in [1.29, 1.82) is 0 Å². The van der Waals surface area contributed by atoms with Gasteiger partial charge in [-0.2, -0.15) is 0 Å². The molecule has 2 rings (SSSR count). The van der Waals surface area contributed by atoms with Gasteiger partial charge in [-0.1, -0.05) is 34.1 Å². The van der Waals surface area contributed by atoms with Crippen molar-refractivity contribution in [2.75, 3.05) is 14.2 Å². The molecule has 0 fully saturated rings. The molecule has 1 heterocycles. The Balaban J connectivity index is 2.22. The zero-order chi connectivity index (χ0) is 18.7. The van der Waals surface area contributed by atoms with Crippen LogP contribution < -0.4 is 0 Å². The van der Waals surface area contributed by atoms with Crippen molar-refractivity contribution < 1.29 is 14.3 Å². The minimum Gasteiger partial charge on any atom is -0.465 e. The van der Waals surface area contributed by atoms with Gasteiger partial charge in [0.2, 0.25) is 0 Å². The lowest BCUT2D eigenvalue weighted by Gasteiger charge is -2.24. The maximum atomic E-state index is 12.9. The average molecular weight is 407 g/mol. The summed E-state index contributed by atoms with van der Waals surface area (Å²) in [4.78, 5) is 29.9. The molecule has 0 saturated heterocycles. The number of hydrogen-bond donors (Lipinski definition) is 1. The number of likely N-dealkylation sites (N-methyl/N-ethyl adjacent to an activating group) is 1. The molecule has 134 valence electrons. The van der Waals surface area contributed by atoms with Gasteiger partial charge in [0.05, 0.1) is 24.4 Å². The van der Waals surface area contributed by atoms with Gasteiger partial charge in [-0.3, -0.25) is 9.69 Å². The summed E-state index contributed by atoms with van der Waals surface area (Å²) < 4.78 is 5.82. The lowest BCUT2D eigenvalue weighted by Crippen LogP contribution is -2.36. The summed E-state index contributed by atoms with van der Waals surface area (Å²) in [6.45, 7) is 6.04. The first-order valence-electron chi connectivity index (χ1n) is 8.03. The first kappa shape index (κ1) is 19.4. The Labute approximate surface area is 156 Å². The van der Waals surface area contributed by atoms with E-state index in [0.29, 0.717) is 29.1 Å². The second-order valence-electron chi connectivity index (χ2n) is 6.16. The first-order valence-corrected chi connectivity index (χ1v) is 8.82. The number of esters is 1. The number of aromatic nitrogens is 1. The summed E-state index contributed by atoms with van der Waals surface area (Å²) >= 11 is 3.54. The van der Waals surface area contributed by atoms with Crippen molar-refractivity contribution in [3.05, 3.63) is 56.8 Å². The van der Waals surface area contributed by atoms with E-state index in [-0.39, 0.29) is 11.8 Å². The topological polar surface area (TPSA) is 62.4 Å². The van der Waals surface area contributed by atoms with E-state index in [1.54, 1.807) is 13.8 Å². The minimum atomic E-state index is -0.431. The molecule has 1 N–H and O–H groups in total. The highest BCUT2D eigenvalue weighted by atomic mass is 79.9. The molecule has 0 unspecified atom stereocenters. The molecule has 0 aliphatic heterocycles. The molecule has 25 heavy (non-hydrogen) atoms. The summed E-state index contributed by atoms with van der Waals surface area (Å²) in [5.41, 5.74) is 3.29. The molecule has 2 aromatic rings. The number of aryl methyl sites for hydroxylation is 1. The van der Waals surface area contributed by atoms with E-state index in [0.717, 1.165) is 10.0 Å². The quantitative estimate of drug-likeness (QED) is 0.583. The van der Waals surface area contributed by atoms with E-state index in [1.807, 2.05) is 43.1 Å². The molecule has 0 amide bonds. The van der Waals surface area contributed by atoms with Crippen LogP contribution >= 0.6 is 15.9 Å². The van der Waals surface area contributed by atoms with Crippen LogP contribution in [0.15, 0.2) is 28.7 Å². The van der Waals surface area contributed by atoms with Gasteiger partial charge >= 0.3 is 5.97 Å². The fraction of sp³-hybridized carbons (Fsp3) is 0.368. The summed E-state index contributed by atoms with van der Waals surface area (Å²) in [5.74, 6) is -0.482. The number of benzene rings is 1. The highest BCUT2D eigenvalue weighted by Gasteiger charge is 2.27.